The minimum Gasteiger partial charge on any atom is -0.481 e. The summed E-state index contributed by atoms with van der Waals surface area (Å²) in [7, 11) is 0. The van der Waals surface area contributed by atoms with Gasteiger partial charge in [-0.2, -0.15) is 0 Å². The van der Waals surface area contributed by atoms with Crippen LogP contribution in [0.1, 0.15) is 18.5 Å². The van der Waals surface area contributed by atoms with E-state index in [2.05, 4.69) is 10.3 Å². The number of aromatic nitrogens is 3. The van der Waals surface area contributed by atoms with Crippen LogP contribution in [-0.2, 0) is 22.7 Å². The van der Waals surface area contributed by atoms with Crippen LogP contribution in [0, 0.1) is 5.92 Å². The normalized spacial score (nSPS) is 16.6. The average molecular weight is 267 g/mol. The quantitative estimate of drug-likeness (QED) is 0.727. The van der Waals surface area contributed by atoms with Gasteiger partial charge in [-0.25, -0.2) is 4.68 Å². The number of carbonyl (C=O) groups excluding carboxylic acids is 1. The van der Waals surface area contributed by atoms with E-state index in [9.17, 15) is 9.59 Å². The van der Waals surface area contributed by atoms with Crippen LogP contribution < -0.4 is 5.73 Å². The van der Waals surface area contributed by atoms with Gasteiger partial charge in [0.05, 0.1) is 17.8 Å². The van der Waals surface area contributed by atoms with Gasteiger partial charge in [0.15, 0.2) is 0 Å². The van der Waals surface area contributed by atoms with Crippen LogP contribution in [0.5, 0.6) is 0 Å². The minimum atomic E-state index is -0.782. The molecular formula is C11H17N5O3. The molecule has 0 bridgehead atoms. The van der Waals surface area contributed by atoms with Crippen molar-refractivity contribution in [3.05, 3.63) is 11.9 Å². The van der Waals surface area contributed by atoms with Gasteiger partial charge >= 0.3 is 5.97 Å². The number of nitrogens with zero attached hydrogens (tertiary/aromatic N) is 4. The number of carbonyl (C=O) groups is 2. The summed E-state index contributed by atoms with van der Waals surface area (Å²) in [6, 6.07) is 0. The Labute approximate surface area is 110 Å². The molecule has 104 valence electrons. The van der Waals surface area contributed by atoms with Crippen molar-refractivity contribution in [1.82, 2.24) is 19.9 Å². The Morgan fingerprint density at radius 1 is 1.42 bits per heavy atom. The van der Waals surface area contributed by atoms with Crippen molar-refractivity contribution >= 4 is 11.9 Å². The summed E-state index contributed by atoms with van der Waals surface area (Å²) in [5.74, 6) is -1.19. The zero-order valence-corrected chi connectivity index (χ0v) is 10.5. The third-order valence-electron chi connectivity index (χ3n) is 3.29. The van der Waals surface area contributed by atoms with Crippen molar-refractivity contribution in [2.45, 2.75) is 25.9 Å². The molecule has 8 nitrogen and oxygen atoms in total. The monoisotopic (exact) mass is 267 g/mol. The number of aliphatic carboxylic acids is 1. The zero-order chi connectivity index (χ0) is 13.8. The minimum absolute atomic E-state index is 0.0719. The Bertz CT molecular complexity index is 465. The molecule has 0 unspecified atom stereocenters. The smallest absolute Gasteiger partial charge is 0.306 e. The van der Waals surface area contributed by atoms with Gasteiger partial charge in [-0.3, -0.25) is 9.59 Å². The Kier molecular flexibility index (Phi) is 4.10. The molecule has 1 aromatic rings. The summed E-state index contributed by atoms with van der Waals surface area (Å²) >= 11 is 0. The maximum Gasteiger partial charge on any atom is 0.306 e. The van der Waals surface area contributed by atoms with Gasteiger partial charge in [0.1, 0.15) is 6.54 Å². The van der Waals surface area contributed by atoms with E-state index >= 15 is 0 Å². The molecule has 0 aromatic carbocycles. The van der Waals surface area contributed by atoms with Crippen molar-refractivity contribution in [2.75, 3.05) is 13.1 Å². The molecule has 0 radical (unpaired) electrons. The van der Waals surface area contributed by atoms with Crippen LogP contribution in [0.15, 0.2) is 6.20 Å². The fourth-order valence-corrected chi connectivity index (χ4v) is 2.12. The molecule has 1 fully saturated rings. The summed E-state index contributed by atoms with van der Waals surface area (Å²) in [4.78, 5) is 24.5. The molecule has 2 rings (SSSR count). The molecule has 2 heterocycles. The molecule has 1 amide bonds. The first-order valence-electron chi connectivity index (χ1n) is 6.20. The highest BCUT2D eigenvalue weighted by Gasteiger charge is 2.27. The summed E-state index contributed by atoms with van der Waals surface area (Å²) < 4.78 is 1.45. The van der Waals surface area contributed by atoms with Gasteiger partial charge < -0.3 is 15.7 Å². The Balaban J connectivity index is 1.86. The zero-order valence-electron chi connectivity index (χ0n) is 10.5. The van der Waals surface area contributed by atoms with E-state index in [0.717, 1.165) is 0 Å². The fourth-order valence-electron chi connectivity index (χ4n) is 2.12. The molecule has 1 saturated heterocycles. The fraction of sp³-hybridized carbons (Fsp3) is 0.636. The van der Waals surface area contributed by atoms with Crippen LogP contribution >= 0.6 is 0 Å². The van der Waals surface area contributed by atoms with E-state index < -0.39 is 5.97 Å². The molecule has 3 N–H and O–H groups in total. The molecule has 0 saturated carbocycles. The van der Waals surface area contributed by atoms with E-state index in [4.69, 9.17) is 10.8 Å². The molecule has 19 heavy (non-hydrogen) atoms. The van der Waals surface area contributed by atoms with Gasteiger partial charge in [-0.15, -0.1) is 5.10 Å². The van der Waals surface area contributed by atoms with Crippen LogP contribution in [0.25, 0.3) is 0 Å². The van der Waals surface area contributed by atoms with E-state index in [1.807, 2.05) is 0 Å². The second-order valence-electron chi connectivity index (χ2n) is 4.60. The molecular weight excluding hydrogens is 250 g/mol. The Morgan fingerprint density at radius 3 is 2.63 bits per heavy atom. The predicted molar refractivity (Wildman–Crippen MR) is 64.9 cm³/mol. The summed E-state index contributed by atoms with van der Waals surface area (Å²) in [6.45, 7) is 1.37. The Hall–Kier alpha value is -1.96. The van der Waals surface area contributed by atoms with Gasteiger partial charge in [-0.1, -0.05) is 5.21 Å². The number of amides is 1. The average Bonchev–Trinajstić information content (AvgIpc) is 2.86. The van der Waals surface area contributed by atoms with E-state index in [1.54, 1.807) is 11.1 Å². The number of carboxylic acid groups (broad SMARTS) is 1. The van der Waals surface area contributed by atoms with Gasteiger partial charge in [0, 0.05) is 19.6 Å². The largest absolute Gasteiger partial charge is 0.481 e. The van der Waals surface area contributed by atoms with Crippen molar-refractivity contribution in [1.29, 1.82) is 0 Å². The van der Waals surface area contributed by atoms with Gasteiger partial charge in [-0.05, 0) is 12.8 Å². The van der Waals surface area contributed by atoms with E-state index in [1.165, 1.54) is 4.68 Å². The number of hydrogen-bond donors (Lipinski definition) is 2. The van der Waals surface area contributed by atoms with Crippen molar-refractivity contribution in [2.24, 2.45) is 11.7 Å². The predicted octanol–water partition coefficient (Wildman–Crippen LogP) is -0.940. The van der Waals surface area contributed by atoms with Gasteiger partial charge in [0.25, 0.3) is 0 Å². The first kappa shape index (κ1) is 13.5. The van der Waals surface area contributed by atoms with Crippen molar-refractivity contribution < 1.29 is 14.7 Å². The number of piperidine rings is 1. The van der Waals surface area contributed by atoms with Crippen LogP contribution in [0.2, 0.25) is 0 Å². The highest BCUT2D eigenvalue weighted by molar-refractivity contribution is 5.76. The van der Waals surface area contributed by atoms with E-state index in [-0.39, 0.29) is 24.9 Å². The number of carboxylic acids is 1. The lowest BCUT2D eigenvalue weighted by molar-refractivity contribution is -0.145. The summed E-state index contributed by atoms with van der Waals surface area (Å²) in [6.07, 6.45) is 2.65. The standard InChI is InChI=1S/C11H17N5O3/c12-5-9-6-16(14-13-9)7-10(17)15-3-1-8(2-4-15)11(18)19/h6,8H,1-5,7,12H2,(H,18,19). The van der Waals surface area contributed by atoms with Crippen molar-refractivity contribution in [3.63, 3.8) is 0 Å². The molecule has 0 aliphatic carbocycles. The molecule has 1 aliphatic rings. The second kappa shape index (κ2) is 5.79. The topological polar surface area (TPSA) is 114 Å². The van der Waals surface area contributed by atoms with Crippen molar-refractivity contribution in [3.8, 4) is 0 Å². The van der Waals surface area contributed by atoms with Crippen LogP contribution in [0.3, 0.4) is 0 Å². The number of rotatable bonds is 4. The first-order chi connectivity index (χ1) is 9.10. The molecule has 0 spiro atoms. The lowest BCUT2D eigenvalue weighted by atomic mass is 9.97. The third kappa shape index (κ3) is 3.28. The second-order valence-corrected chi connectivity index (χ2v) is 4.60. The maximum atomic E-state index is 12.0. The lowest BCUT2D eigenvalue weighted by Gasteiger charge is -2.30. The summed E-state index contributed by atoms with van der Waals surface area (Å²) in [5.41, 5.74) is 6.05. The highest BCUT2D eigenvalue weighted by Crippen LogP contribution is 2.17. The first-order valence-corrected chi connectivity index (χ1v) is 6.20. The molecule has 1 aromatic heterocycles. The van der Waals surface area contributed by atoms with Gasteiger partial charge in [0.2, 0.25) is 5.91 Å². The summed E-state index contributed by atoms with van der Waals surface area (Å²) in [5, 5.41) is 16.5. The maximum absolute atomic E-state index is 12.0. The van der Waals surface area contributed by atoms with Crippen LogP contribution in [-0.4, -0.2) is 50.0 Å². The highest BCUT2D eigenvalue weighted by atomic mass is 16.4. The molecule has 8 heteroatoms. The molecule has 1 aliphatic heterocycles. The number of nitrogens with two attached hydrogens (primary N) is 1. The number of likely N-dealkylation sites (tertiary alicyclic amines) is 1. The van der Waals surface area contributed by atoms with E-state index in [0.29, 0.717) is 31.6 Å². The number of hydrogen-bond acceptors (Lipinski definition) is 5. The Morgan fingerprint density at radius 2 is 2.11 bits per heavy atom. The van der Waals surface area contributed by atoms with Crippen LogP contribution in [0.4, 0.5) is 0 Å². The molecule has 0 atom stereocenters. The third-order valence-corrected chi connectivity index (χ3v) is 3.29. The lowest BCUT2D eigenvalue weighted by Crippen LogP contribution is -2.41. The SMILES string of the molecule is NCc1cn(CC(=O)N2CCC(C(=O)O)CC2)nn1.